The number of imidazole rings is 1. The molecule has 0 saturated heterocycles. The van der Waals surface area contributed by atoms with Gasteiger partial charge in [0.2, 0.25) is 0 Å². The molecule has 160 valence electrons. The van der Waals surface area contributed by atoms with Gasteiger partial charge in [-0.05, 0) is 44.5 Å². The molecule has 3 rings (SSSR count). The van der Waals surface area contributed by atoms with Gasteiger partial charge >= 0.3 is 0 Å². The van der Waals surface area contributed by atoms with Crippen LogP contribution in [0.2, 0.25) is 0 Å². The Bertz CT molecular complexity index is 1010. The van der Waals surface area contributed by atoms with E-state index in [0.717, 1.165) is 22.7 Å². The fourth-order valence-corrected chi connectivity index (χ4v) is 3.54. The van der Waals surface area contributed by atoms with Gasteiger partial charge in [-0.15, -0.1) is 0 Å². The normalized spacial score (nSPS) is 11.7. The Hall–Kier alpha value is -2.97. The van der Waals surface area contributed by atoms with Gasteiger partial charge in [-0.3, -0.25) is 10.1 Å². The van der Waals surface area contributed by atoms with Gasteiger partial charge in [-0.25, -0.2) is 4.98 Å². The van der Waals surface area contributed by atoms with Crippen molar-refractivity contribution in [3.05, 3.63) is 69.2 Å². The van der Waals surface area contributed by atoms with Crippen molar-refractivity contribution in [2.75, 3.05) is 26.2 Å². The minimum atomic E-state index is -0.418. The number of fused-ring (bicyclic) bond motifs is 1. The molecule has 1 aromatic heterocycles. The van der Waals surface area contributed by atoms with Crippen LogP contribution in [-0.4, -0.2) is 45.4 Å². The van der Waals surface area contributed by atoms with Crippen molar-refractivity contribution in [1.82, 2.24) is 9.55 Å². The van der Waals surface area contributed by atoms with E-state index >= 15 is 0 Å². The number of nitro groups is 1. The zero-order valence-electron chi connectivity index (χ0n) is 17.7. The predicted molar refractivity (Wildman–Crippen MR) is 116 cm³/mol. The number of hydroxylamine groups is 3. The lowest BCUT2D eigenvalue weighted by molar-refractivity contribution is -0.877. The van der Waals surface area contributed by atoms with Gasteiger partial charge in [0, 0.05) is 18.6 Å². The van der Waals surface area contributed by atoms with Crippen molar-refractivity contribution < 1.29 is 14.3 Å². The highest BCUT2D eigenvalue weighted by atomic mass is 16.6. The second-order valence-corrected chi connectivity index (χ2v) is 7.28. The number of likely N-dealkylation sites (N-methyl/N-ethyl adjacent to an activating group) is 1. The first kappa shape index (κ1) is 21.7. The van der Waals surface area contributed by atoms with E-state index in [-0.39, 0.29) is 10.3 Å². The highest BCUT2D eigenvalue weighted by molar-refractivity contribution is 5.78. The van der Waals surface area contributed by atoms with Crippen LogP contribution in [0.4, 0.5) is 5.69 Å². The third kappa shape index (κ3) is 4.77. The molecule has 0 bridgehead atoms. The predicted octanol–water partition coefficient (Wildman–Crippen LogP) is 4.29. The van der Waals surface area contributed by atoms with E-state index in [1.165, 1.54) is 12.1 Å². The Morgan fingerprint density at radius 3 is 2.40 bits per heavy atom. The number of nitro benzene ring substituents is 1. The summed E-state index contributed by atoms with van der Waals surface area (Å²) in [4.78, 5) is 15.4. The van der Waals surface area contributed by atoms with E-state index in [4.69, 9.17) is 4.74 Å². The quantitative estimate of drug-likeness (QED) is 0.281. The summed E-state index contributed by atoms with van der Waals surface area (Å²) in [5, 5.41) is 23.9. The molecular formula is C22H28N4O4. The number of hydrogen-bond donors (Lipinski definition) is 0. The van der Waals surface area contributed by atoms with Gasteiger partial charge in [-0.2, -0.15) is 0 Å². The Balaban J connectivity index is 1.96. The zero-order valence-corrected chi connectivity index (χ0v) is 17.7. The van der Waals surface area contributed by atoms with Gasteiger partial charge in [0.1, 0.15) is 11.6 Å². The molecule has 8 nitrogen and oxygen atoms in total. The molecule has 0 saturated carbocycles. The van der Waals surface area contributed by atoms with Crippen LogP contribution in [0.3, 0.4) is 0 Å². The average Bonchev–Trinajstić information content (AvgIpc) is 3.09. The van der Waals surface area contributed by atoms with E-state index in [1.54, 1.807) is 6.07 Å². The number of nitrogens with zero attached hydrogens (tertiary/aromatic N) is 4. The van der Waals surface area contributed by atoms with Crippen LogP contribution >= 0.6 is 0 Å². The van der Waals surface area contributed by atoms with Crippen LogP contribution in [0, 0.1) is 15.3 Å². The Labute approximate surface area is 176 Å². The van der Waals surface area contributed by atoms with Crippen molar-refractivity contribution >= 4 is 16.7 Å². The van der Waals surface area contributed by atoms with Crippen molar-refractivity contribution in [2.45, 2.75) is 33.7 Å². The minimum absolute atomic E-state index is 0.0100. The van der Waals surface area contributed by atoms with Crippen LogP contribution in [0.5, 0.6) is 5.75 Å². The van der Waals surface area contributed by atoms with Gasteiger partial charge in [0.15, 0.2) is 0 Å². The first-order valence-corrected chi connectivity index (χ1v) is 10.3. The average molecular weight is 412 g/mol. The third-order valence-corrected chi connectivity index (χ3v) is 5.50. The number of quaternary nitrogens is 1. The van der Waals surface area contributed by atoms with Crippen LogP contribution < -0.4 is 4.74 Å². The van der Waals surface area contributed by atoms with Crippen LogP contribution in [0.1, 0.15) is 32.2 Å². The molecule has 0 atom stereocenters. The first-order chi connectivity index (χ1) is 14.4. The lowest BCUT2D eigenvalue weighted by Gasteiger charge is -2.41. The Kier molecular flexibility index (Phi) is 6.69. The number of rotatable bonds is 10. The molecule has 0 aliphatic heterocycles. The lowest BCUT2D eigenvalue weighted by Crippen LogP contribution is -2.44. The van der Waals surface area contributed by atoms with E-state index in [9.17, 15) is 15.3 Å². The second kappa shape index (κ2) is 9.23. The van der Waals surface area contributed by atoms with E-state index in [0.29, 0.717) is 44.7 Å². The maximum Gasteiger partial charge on any atom is 0.271 e. The maximum absolute atomic E-state index is 12.8. The second-order valence-electron chi connectivity index (χ2n) is 7.28. The minimum Gasteiger partial charge on any atom is -0.633 e. The summed E-state index contributed by atoms with van der Waals surface area (Å²) in [6.45, 7) is 8.28. The Morgan fingerprint density at radius 1 is 1.10 bits per heavy atom. The molecule has 30 heavy (non-hydrogen) atoms. The largest absolute Gasteiger partial charge is 0.633 e. The Morgan fingerprint density at radius 2 is 1.80 bits per heavy atom. The molecule has 2 aromatic carbocycles. The van der Waals surface area contributed by atoms with Crippen molar-refractivity contribution in [1.29, 1.82) is 0 Å². The summed E-state index contributed by atoms with van der Waals surface area (Å²) in [5.41, 5.74) is 2.44. The SMILES string of the molecule is CCOc1ccc(Cc2nc3cc([N+](=O)[O-])ccc3n2CC[N+]([O-])(CC)CC)cc1. The monoisotopic (exact) mass is 412 g/mol. The van der Waals surface area contributed by atoms with Gasteiger partial charge in [-0.1, -0.05) is 12.1 Å². The van der Waals surface area contributed by atoms with Crippen molar-refractivity contribution in [3.8, 4) is 5.75 Å². The topological polar surface area (TPSA) is 93.2 Å². The molecule has 0 unspecified atom stereocenters. The molecule has 0 radical (unpaired) electrons. The molecule has 0 aliphatic carbocycles. The molecule has 8 heteroatoms. The molecule has 0 N–H and O–H groups in total. The summed E-state index contributed by atoms with van der Waals surface area (Å²) < 4.78 is 7.23. The molecule has 0 spiro atoms. The molecule has 0 amide bonds. The molecular weight excluding hydrogens is 384 g/mol. The number of aromatic nitrogens is 2. The summed E-state index contributed by atoms with van der Waals surface area (Å²) in [7, 11) is 0. The highest BCUT2D eigenvalue weighted by Crippen LogP contribution is 2.24. The van der Waals surface area contributed by atoms with E-state index in [1.807, 2.05) is 49.6 Å². The summed E-state index contributed by atoms with van der Waals surface area (Å²) in [6, 6.07) is 12.5. The molecule has 0 fully saturated rings. The lowest BCUT2D eigenvalue weighted by atomic mass is 10.1. The first-order valence-electron chi connectivity index (χ1n) is 10.3. The van der Waals surface area contributed by atoms with Gasteiger partial charge in [0.05, 0.1) is 48.7 Å². The highest BCUT2D eigenvalue weighted by Gasteiger charge is 2.18. The van der Waals surface area contributed by atoms with Gasteiger partial charge < -0.3 is 19.2 Å². The summed E-state index contributed by atoms with van der Waals surface area (Å²) in [6.07, 6.45) is 0.561. The van der Waals surface area contributed by atoms with Crippen molar-refractivity contribution in [2.24, 2.45) is 0 Å². The van der Waals surface area contributed by atoms with Gasteiger partial charge in [0.25, 0.3) is 5.69 Å². The van der Waals surface area contributed by atoms with Crippen LogP contribution in [0.25, 0.3) is 11.0 Å². The standard InChI is InChI=1S/C22H28N4O4/c1-4-26(29,5-2)14-13-24-21-12-9-18(25(27)28)16-20(21)23-22(24)15-17-7-10-19(11-8-17)30-6-3/h7-12,16H,4-6,13-15H2,1-3H3. The fraction of sp³-hybridized carbons (Fsp3) is 0.409. The summed E-state index contributed by atoms with van der Waals surface area (Å²) in [5.74, 6) is 1.60. The maximum atomic E-state index is 12.8. The number of ether oxygens (including phenoxy) is 1. The summed E-state index contributed by atoms with van der Waals surface area (Å²) >= 11 is 0. The molecule has 1 heterocycles. The van der Waals surface area contributed by atoms with Crippen LogP contribution in [-0.2, 0) is 13.0 Å². The fourth-order valence-electron chi connectivity index (χ4n) is 3.54. The number of benzene rings is 2. The zero-order chi connectivity index (χ0) is 21.7. The molecule has 0 aliphatic rings. The smallest absolute Gasteiger partial charge is 0.271 e. The van der Waals surface area contributed by atoms with E-state index in [2.05, 4.69) is 4.98 Å². The number of non-ortho nitro benzene ring substituents is 1. The third-order valence-electron chi connectivity index (χ3n) is 5.50. The van der Waals surface area contributed by atoms with Crippen LogP contribution in [0.15, 0.2) is 42.5 Å². The van der Waals surface area contributed by atoms with Crippen molar-refractivity contribution in [3.63, 3.8) is 0 Å². The van der Waals surface area contributed by atoms with E-state index < -0.39 is 4.92 Å². The number of hydrogen-bond acceptors (Lipinski definition) is 5. The molecule has 3 aromatic rings.